The number of nitrogens with one attached hydrogen (secondary N) is 1. The van der Waals surface area contributed by atoms with Gasteiger partial charge in [0.1, 0.15) is 21.6 Å². The summed E-state index contributed by atoms with van der Waals surface area (Å²) in [5.74, 6) is -1.18. The maximum absolute atomic E-state index is 14.3. The topological polar surface area (TPSA) is 87.8 Å². The Bertz CT molecular complexity index is 1450. The average Bonchev–Trinajstić information content (AvgIpc) is 2.88. The van der Waals surface area contributed by atoms with Crippen molar-refractivity contribution in [3.8, 4) is 0 Å². The van der Waals surface area contributed by atoms with Gasteiger partial charge in [-0.1, -0.05) is 45.0 Å². The van der Waals surface area contributed by atoms with Crippen LogP contribution in [-0.2, 0) is 14.7 Å². The number of hydrogen-bond donors (Lipinski definition) is 2. The van der Waals surface area contributed by atoms with Gasteiger partial charge in [0.05, 0.1) is 4.90 Å². The Morgan fingerprint density at radius 1 is 1.12 bits per heavy atom. The molecule has 1 heterocycles. The van der Waals surface area contributed by atoms with E-state index in [-0.39, 0.29) is 17.5 Å². The summed E-state index contributed by atoms with van der Waals surface area (Å²) in [6.45, 7) is 5.61. The Morgan fingerprint density at radius 3 is 2.47 bits per heavy atom. The molecular formula is C26H29FN4O2S. The van der Waals surface area contributed by atoms with E-state index < -0.39 is 21.7 Å². The molecule has 0 saturated carbocycles. The molecule has 0 amide bonds. The number of ketones is 1. The van der Waals surface area contributed by atoms with E-state index in [1.54, 1.807) is 19.1 Å². The van der Waals surface area contributed by atoms with Crippen molar-refractivity contribution in [3.05, 3.63) is 77.4 Å². The molecule has 0 spiro atoms. The van der Waals surface area contributed by atoms with E-state index in [0.29, 0.717) is 21.7 Å². The number of nitrogens with zero attached hydrogens (tertiary/aromatic N) is 2. The largest absolute Gasteiger partial charge is 0.377 e. The standard InChI is InChI=1S/C26H29FN4O2S/c1-15(2)20-12-17(27)13-21-16(3)23(32)14-25(29-26(20)21)30-34(28,33)24-11-7-8-18-19(24)9-6-10-22(18)31(4)5/h6-16,29H,1-5H3,(H2,28,30,33). The number of fused-ring (bicyclic) bond motifs is 2. The Morgan fingerprint density at radius 2 is 1.79 bits per heavy atom. The van der Waals surface area contributed by atoms with Crippen LogP contribution in [0.15, 0.2) is 69.7 Å². The molecule has 0 bridgehead atoms. The third-order valence-electron chi connectivity index (χ3n) is 6.10. The van der Waals surface area contributed by atoms with Gasteiger partial charge in [0.25, 0.3) is 0 Å². The zero-order valence-corrected chi connectivity index (χ0v) is 20.7. The number of halogens is 1. The number of benzene rings is 3. The summed E-state index contributed by atoms with van der Waals surface area (Å²) >= 11 is 0. The van der Waals surface area contributed by atoms with E-state index in [1.165, 1.54) is 18.2 Å². The zero-order valence-electron chi connectivity index (χ0n) is 19.9. The van der Waals surface area contributed by atoms with Crippen molar-refractivity contribution in [3.63, 3.8) is 0 Å². The minimum atomic E-state index is -3.43. The second kappa shape index (κ2) is 8.85. The van der Waals surface area contributed by atoms with Gasteiger partial charge < -0.3 is 10.2 Å². The van der Waals surface area contributed by atoms with Gasteiger partial charge in [-0.2, -0.15) is 4.36 Å². The van der Waals surface area contributed by atoms with Crippen LogP contribution in [0, 0.1) is 5.82 Å². The molecule has 1 aliphatic heterocycles. The molecule has 3 aromatic carbocycles. The zero-order chi connectivity index (χ0) is 24.8. The van der Waals surface area contributed by atoms with E-state index >= 15 is 0 Å². The molecule has 6 nitrogen and oxygen atoms in total. The van der Waals surface area contributed by atoms with Crippen LogP contribution in [0.2, 0.25) is 0 Å². The van der Waals surface area contributed by atoms with Crippen molar-refractivity contribution >= 4 is 37.8 Å². The molecule has 34 heavy (non-hydrogen) atoms. The lowest BCUT2D eigenvalue weighted by Crippen LogP contribution is -2.16. The number of hydrogen-bond acceptors (Lipinski definition) is 5. The maximum atomic E-state index is 14.3. The smallest absolute Gasteiger partial charge is 0.166 e. The monoisotopic (exact) mass is 480 g/mol. The van der Waals surface area contributed by atoms with Crippen molar-refractivity contribution in [1.82, 2.24) is 0 Å². The third kappa shape index (κ3) is 4.31. The van der Waals surface area contributed by atoms with Crippen molar-refractivity contribution in [2.75, 3.05) is 24.3 Å². The van der Waals surface area contributed by atoms with Gasteiger partial charge in [-0.3, -0.25) is 4.79 Å². The summed E-state index contributed by atoms with van der Waals surface area (Å²) in [5, 5.41) is 11.1. The summed E-state index contributed by atoms with van der Waals surface area (Å²) in [4.78, 5) is 15.2. The molecule has 2 unspecified atom stereocenters. The SMILES string of the molecule is CC(C)c1cc(F)cc2c1NC(N=S(N)(=O)c1cccc3c(N(C)C)cccc13)=CC(=O)C2C. The normalized spacial score (nSPS) is 17.5. The number of carbonyl (C=O) groups excluding carboxylic acids is 1. The van der Waals surface area contributed by atoms with E-state index in [4.69, 9.17) is 5.14 Å². The summed E-state index contributed by atoms with van der Waals surface area (Å²) in [6.07, 6.45) is 1.30. The second-order valence-corrected chi connectivity index (χ2v) is 10.8. The quantitative estimate of drug-likeness (QED) is 0.516. The number of allylic oxidation sites excluding steroid dienone is 1. The summed E-state index contributed by atoms with van der Waals surface area (Å²) in [5.41, 5.74) is 2.82. The van der Waals surface area contributed by atoms with Gasteiger partial charge in [0, 0.05) is 48.2 Å². The maximum Gasteiger partial charge on any atom is 0.166 e. The van der Waals surface area contributed by atoms with Crippen LogP contribution in [0.3, 0.4) is 0 Å². The highest BCUT2D eigenvalue weighted by Crippen LogP contribution is 2.38. The number of anilines is 2. The molecule has 178 valence electrons. The lowest BCUT2D eigenvalue weighted by molar-refractivity contribution is -0.115. The molecule has 0 fully saturated rings. The first-order valence-electron chi connectivity index (χ1n) is 11.1. The fourth-order valence-electron chi connectivity index (χ4n) is 4.32. The lowest BCUT2D eigenvalue weighted by atomic mass is 9.90. The summed E-state index contributed by atoms with van der Waals surface area (Å²) in [6, 6.07) is 14.0. The van der Waals surface area contributed by atoms with Gasteiger partial charge >= 0.3 is 0 Å². The van der Waals surface area contributed by atoms with Crippen molar-refractivity contribution in [2.24, 2.45) is 9.50 Å². The van der Waals surface area contributed by atoms with Crippen LogP contribution in [0.5, 0.6) is 0 Å². The third-order valence-corrected chi connectivity index (χ3v) is 7.56. The highest BCUT2D eigenvalue weighted by molar-refractivity contribution is 7.91. The molecule has 2 atom stereocenters. The van der Waals surface area contributed by atoms with Crippen LogP contribution in [0.1, 0.15) is 43.7 Å². The summed E-state index contributed by atoms with van der Waals surface area (Å²) in [7, 11) is 0.441. The van der Waals surface area contributed by atoms with E-state index in [1.807, 2.05) is 57.1 Å². The second-order valence-electron chi connectivity index (χ2n) is 9.08. The van der Waals surface area contributed by atoms with Gasteiger partial charge in [-0.15, -0.1) is 0 Å². The summed E-state index contributed by atoms with van der Waals surface area (Å²) < 4.78 is 32.5. The van der Waals surface area contributed by atoms with Crippen LogP contribution in [-0.4, -0.2) is 24.1 Å². The Labute approximate surface area is 200 Å². The van der Waals surface area contributed by atoms with Gasteiger partial charge in [-0.05, 0) is 41.3 Å². The van der Waals surface area contributed by atoms with E-state index in [2.05, 4.69) is 9.68 Å². The van der Waals surface area contributed by atoms with Crippen LogP contribution in [0.25, 0.3) is 10.8 Å². The molecule has 0 radical (unpaired) electrons. The Balaban J connectivity index is 1.90. The number of carbonyl (C=O) groups is 1. The molecular weight excluding hydrogens is 451 g/mol. The van der Waals surface area contributed by atoms with E-state index in [0.717, 1.165) is 16.5 Å². The van der Waals surface area contributed by atoms with Crippen molar-refractivity contribution in [1.29, 1.82) is 0 Å². The molecule has 0 aromatic heterocycles. The van der Waals surface area contributed by atoms with Crippen LogP contribution >= 0.6 is 0 Å². The average molecular weight is 481 g/mol. The minimum absolute atomic E-state index is 0.0108. The first-order valence-corrected chi connectivity index (χ1v) is 12.7. The van der Waals surface area contributed by atoms with Gasteiger partial charge in [-0.25, -0.2) is 13.7 Å². The lowest BCUT2D eigenvalue weighted by Gasteiger charge is -2.20. The predicted molar refractivity (Wildman–Crippen MR) is 137 cm³/mol. The number of nitrogens with two attached hydrogens (primary N) is 1. The van der Waals surface area contributed by atoms with Gasteiger partial charge in [0.2, 0.25) is 0 Å². The molecule has 0 saturated heterocycles. The highest BCUT2D eigenvalue weighted by Gasteiger charge is 2.26. The first-order chi connectivity index (χ1) is 16.0. The Hall–Kier alpha value is -3.23. The minimum Gasteiger partial charge on any atom is -0.377 e. The van der Waals surface area contributed by atoms with E-state index in [9.17, 15) is 13.4 Å². The highest BCUT2D eigenvalue weighted by atomic mass is 32.2. The molecule has 4 rings (SSSR count). The predicted octanol–water partition coefficient (Wildman–Crippen LogP) is 5.51. The Kier molecular flexibility index (Phi) is 6.22. The first kappa shape index (κ1) is 23.9. The fourth-order valence-corrected chi connectivity index (χ4v) is 5.58. The fraction of sp³-hybridized carbons (Fsp3) is 0.269. The van der Waals surface area contributed by atoms with Gasteiger partial charge in [0.15, 0.2) is 5.78 Å². The van der Waals surface area contributed by atoms with Crippen molar-refractivity contribution in [2.45, 2.75) is 37.5 Å². The molecule has 3 aromatic rings. The molecule has 0 aliphatic carbocycles. The molecule has 3 N–H and O–H groups in total. The number of rotatable bonds is 4. The van der Waals surface area contributed by atoms with Crippen LogP contribution in [0.4, 0.5) is 15.8 Å². The van der Waals surface area contributed by atoms with Crippen molar-refractivity contribution < 1.29 is 13.4 Å². The molecule has 8 heteroatoms. The molecule has 1 aliphatic rings. The van der Waals surface area contributed by atoms with Crippen LogP contribution < -0.4 is 15.4 Å².